The lowest BCUT2D eigenvalue weighted by Crippen LogP contribution is -2.45. The zero-order chi connectivity index (χ0) is 22.1. The van der Waals surface area contributed by atoms with E-state index < -0.39 is 0 Å². The molecule has 2 aromatic rings. The predicted octanol–water partition coefficient (Wildman–Crippen LogP) is 3.28. The molecule has 0 radical (unpaired) electrons. The molecular weight excluding hydrogens is 396 g/mol. The quantitative estimate of drug-likeness (QED) is 0.549. The van der Waals surface area contributed by atoms with E-state index in [-0.39, 0.29) is 30.9 Å². The zero-order valence-corrected chi connectivity index (χ0v) is 18.4. The van der Waals surface area contributed by atoms with Gasteiger partial charge in [0.1, 0.15) is 11.5 Å². The van der Waals surface area contributed by atoms with Gasteiger partial charge in [0.2, 0.25) is 11.8 Å². The molecule has 1 aliphatic heterocycles. The largest absolute Gasteiger partial charge is 0.497 e. The molecule has 1 fully saturated rings. The van der Waals surface area contributed by atoms with Crippen molar-refractivity contribution in [3.63, 3.8) is 0 Å². The molecule has 0 unspecified atom stereocenters. The van der Waals surface area contributed by atoms with E-state index in [2.05, 4.69) is 0 Å². The molecule has 1 aromatic heterocycles. The number of methoxy groups -OCH3 is 1. The summed E-state index contributed by atoms with van der Waals surface area (Å²) in [6.45, 7) is 4.21. The number of carbonyl (C=O) groups is 2. The van der Waals surface area contributed by atoms with Gasteiger partial charge in [0, 0.05) is 19.7 Å². The summed E-state index contributed by atoms with van der Waals surface area (Å²) in [5.74, 6) is 1.32. The molecule has 0 spiro atoms. The van der Waals surface area contributed by atoms with Gasteiger partial charge in [-0.3, -0.25) is 9.59 Å². The summed E-state index contributed by atoms with van der Waals surface area (Å²) in [7, 11) is 1.61. The molecule has 1 saturated heterocycles. The molecular formula is C24H32N2O5. The number of carbonyl (C=O) groups excluding carboxylic acids is 2. The summed E-state index contributed by atoms with van der Waals surface area (Å²) in [4.78, 5) is 29.6. The van der Waals surface area contributed by atoms with Gasteiger partial charge in [-0.05, 0) is 49.1 Å². The van der Waals surface area contributed by atoms with Crippen LogP contribution in [-0.4, -0.2) is 61.1 Å². The number of benzene rings is 1. The van der Waals surface area contributed by atoms with Crippen molar-refractivity contribution in [2.75, 3.05) is 33.4 Å². The third kappa shape index (κ3) is 6.85. The maximum atomic E-state index is 13.2. The third-order valence-corrected chi connectivity index (χ3v) is 5.41. The van der Waals surface area contributed by atoms with Crippen LogP contribution in [0.15, 0.2) is 47.1 Å². The van der Waals surface area contributed by atoms with Gasteiger partial charge in [0.15, 0.2) is 0 Å². The van der Waals surface area contributed by atoms with Crippen molar-refractivity contribution < 1.29 is 23.5 Å². The Morgan fingerprint density at radius 1 is 1.13 bits per heavy atom. The summed E-state index contributed by atoms with van der Waals surface area (Å²) in [5, 5.41) is 0. The molecule has 0 N–H and O–H groups in total. The minimum Gasteiger partial charge on any atom is -0.497 e. The average Bonchev–Trinajstić information content (AvgIpc) is 3.48. The van der Waals surface area contributed by atoms with Crippen LogP contribution in [0.2, 0.25) is 0 Å². The molecule has 7 heteroatoms. The molecule has 2 heterocycles. The van der Waals surface area contributed by atoms with Crippen molar-refractivity contribution >= 4 is 11.8 Å². The second-order valence-electron chi connectivity index (χ2n) is 7.83. The highest BCUT2D eigenvalue weighted by Crippen LogP contribution is 2.17. The van der Waals surface area contributed by atoms with Gasteiger partial charge in [-0.1, -0.05) is 19.1 Å². The fraction of sp³-hybridized carbons (Fsp3) is 0.500. The molecule has 2 amide bonds. The first kappa shape index (κ1) is 22.9. The van der Waals surface area contributed by atoms with E-state index in [0.717, 1.165) is 42.9 Å². The molecule has 1 aromatic carbocycles. The highest BCUT2D eigenvalue weighted by Gasteiger charge is 2.26. The maximum Gasteiger partial charge on any atom is 0.242 e. The number of furan rings is 1. The van der Waals surface area contributed by atoms with Gasteiger partial charge < -0.3 is 23.7 Å². The fourth-order valence-electron chi connectivity index (χ4n) is 3.73. The molecule has 1 atom stereocenters. The van der Waals surface area contributed by atoms with Crippen molar-refractivity contribution in [1.82, 2.24) is 9.80 Å². The Bertz CT molecular complexity index is 813. The Labute approximate surface area is 183 Å². The Hall–Kier alpha value is -2.80. The first-order valence-electron chi connectivity index (χ1n) is 10.9. The van der Waals surface area contributed by atoms with E-state index in [1.807, 2.05) is 43.3 Å². The number of ether oxygens (including phenoxy) is 2. The lowest BCUT2D eigenvalue weighted by atomic mass is 10.1. The molecule has 31 heavy (non-hydrogen) atoms. The fourth-order valence-corrected chi connectivity index (χ4v) is 3.73. The van der Waals surface area contributed by atoms with E-state index in [1.54, 1.807) is 23.2 Å². The topological polar surface area (TPSA) is 72.2 Å². The number of nitrogens with zero attached hydrogens (tertiary/aromatic N) is 2. The number of rotatable bonds is 11. The Morgan fingerprint density at radius 3 is 2.55 bits per heavy atom. The standard InChI is InChI=1S/C24H32N2O5/c1-3-12-25(23(27)15-19-8-10-20(29-2)11-9-19)18-24(28)26(16-21-6-4-13-30-21)17-22-7-5-14-31-22/h4,6,8-11,13,22H,3,5,7,12,14-18H2,1-2H3/t22-/m1/s1. The van der Waals surface area contributed by atoms with E-state index >= 15 is 0 Å². The van der Waals surface area contributed by atoms with Gasteiger partial charge in [-0.2, -0.15) is 0 Å². The smallest absolute Gasteiger partial charge is 0.242 e. The summed E-state index contributed by atoms with van der Waals surface area (Å²) in [6.07, 6.45) is 4.62. The molecule has 0 aliphatic carbocycles. The van der Waals surface area contributed by atoms with E-state index in [1.165, 1.54) is 0 Å². The van der Waals surface area contributed by atoms with Gasteiger partial charge in [0.05, 0.1) is 39.0 Å². The second kappa shape index (κ2) is 11.6. The summed E-state index contributed by atoms with van der Waals surface area (Å²) in [5.41, 5.74) is 0.895. The highest BCUT2D eigenvalue weighted by atomic mass is 16.5. The molecule has 3 rings (SSSR count). The predicted molar refractivity (Wildman–Crippen MR) is 117 cm³/mol. The zero-order valence-electron chi connectivity index (χ0n) is 18.4. The van der Waals surface area contributed by atoms with Crippen molar-refractivity contribution in [2.45, 2.75) is 45.3 Å². The van der Waals surface area contributed by atoms with Crippen molar-refractivity contribution in [3.05, 3.63) is 54.0 Å². The Balaban J connectivity index is 1.65. The Morgan fingerprint density at radius 2 is 1.94 bits per heavy atom. The van der Waals surface area contributed by atoms with Crippen LogP contribution in [0.1, 0.15) is 37.5 Å². The lowest BCUT2D eigenvalue weighted by Gasteiger charge is -2.28. The molecule has 0 saturated carbocycles. The van der Waals surface area contributed by atoms with Crippen LogP contribution in [0.5, 0.6) is 5.75 Å². The first-order valence-corrected chi connectivity index (χ1v) is 10.9. The van der Waals surface area contributed by atoms with Gasteiger partial charge >= 0.3 is 0 Å². The number of hydrogen-bond acceptors (Lipinski definition) is 5. The molecule has 1 aliphatic rings. The van der Waals surface area contributed by atoms with Crippen molar-refractivity contribution in [1.29, 1.82) is 0 Å². The van der Waals surface area contributed by atoms with E-state index in [0.29, 0.717) is 19.6 Å². The second-order valence-corrected chi connectivity index (χ2v) is 7.83. The highest BCUT2D eigenvalue weighted by molar-refractivity contribution is 5.86. The minimum absolute atomic E-state index is 0.0357. The van der Waals surface area contributed by atoms with Crippen LogP contribution >= 0.6 is 0 Å². The summed E-state index contributed by atoms with van der Waals surface area (Å²) < 4.78 is 16.4. The van der Waals surface area contributed by atoms with Crippen molar-refractivity contribution in [2.24, 2.45) is 0 Å². The summed E-state index contributed by atoms with van der Waals surface area (Å²) >= 11 is 0. The molecule has 7 nitrogen and oxygen atoms in total. The van der Waals surface area contributed by atoms with Crippen molar-refractivity contribution in [3.8, 4) is 5.75 Å². The van der Waals surface area contributed by atoms with Crippen LogP contribution in [0.3, 0.4) is 0 Å². The molecule has 168 valence electrons. The lowest BCUT2D eigenvalue weighted by molar-refractivity contribution is -0.141. The van der Waals surface area contributed by atoms with Crippen LogP contribution in [0, 0.1) is 0 Å². The molecule has 0 bridgehead atoms. The first-order chi connectivity index (χ1) is 15.1. The van der Waals surface area contributed by atoms with Crippen LogP contribution in [0.4, 0.5) is 0 Å². The van der Waals surface area contributed by atoms with Crippen LogP contribution in [0.25, 0.3) is 0 Å². The van der Waals surface area contributed by atoms with Gasteiger partial charge in [-0.25, -0.2) is 0 Å². The van der Waals surface area contributed by atoms with Gasteiger partial charge in [-0.15, -0.1) is 0 Å². The third-order valence-electron chi connectivity index (χ3n) is 5.41. The maximum absolute atomic E-state index is 13.2. The average molecular weight is 429 g/mol. The van der Waals surface area contributed by atoms with Crippen LogP contribution in [-0.2, 0) is 27.3 Å². The van der Waals surface area contributed by atoms with E-state index in [9.17, 15) is 9.59 Å². The summed E-state index contributed by atoms with van der Waals surface area (Å²) in [6, 6.07) is 11.1. The Kier molecular flexibility index (Phi) is 8.53. The number of amides is 2. The SMILES string of the molecule is CCCN(CC(=O)N(Cc1ccco1)C[C@H]1CCCO1)C(=O)Cc1ccc(OC)cc1. The normalized spacial score (nSPS) is 15.6. The van der Waals surface area contributed by atoms with Crippen LogP contribution < -0.4 is 4.74 Å². The monoisotopic (exact) mass is 428 g/mol. The van der Waals surface area contributed by atoms with E-state index in [4.69, 9.17) is 13.9 Å². The van der Waals surface area contributed by atoms with Gasteiger partial charge in [0.25, 0.3) is 0 Å². The minimum atomic E-state index is -0.0940. The number of hydrogen-bond donors (Lipinski definition) is 0.